The first-order chi connectivity index (χ1) is 47.5. The molecule has 102 heavy (non-hydrogen) atoms. The minimum absolute atomic E-state index is 0.252. The van der Waals surface area contributed by atoms with Crippen LogP contribution in [0.2, 0.25) is 0 Å². The molecule has 1 N–H and O–H groups in total. The lowest BCUT2D eigenvalue weighted by atomic mass is 9.63. The average Bonchev–Trinajstić information content (AvgIpc) is 1.20. The Balaban J connectivity index is 0.000000178. The van der Waals surface area contributed by atoms with E-state index in [1.165, 1.54) is 84.5 Å². The van der Waals surface area contributed by atoms with Crippen LogP contribution in [0.4, 0.5) is 13.2 Å². The third-order valence-corrected chi connectivity index (χ3v) is 26.2. The van der Waals surface area contributed by atoms with Crippen molar-refractivity contribution in [2.75, 3.05) is 176 Å². The van der Waals surface area contributed by atoms with E-state index in [9.17, 15) is 17.4 Å². The second-order valence-electron chi connectivity index (χ2n) is 37.4. The molecule has 17 rings (SSSR count). The first-order valence-electron chi connectivity index (χ1n) is 40.6. The van der Waals surface area contributed by atoms with Gasteiger partial charge in [-0.25, -0.2) is 4.39 Å². The van der Waals surface area contributed by atoms with E-state index < -0.39 is 21.8 Å². The summed E-state index contributed by atoms with van der Waals surface area (Å²) in [5.41, 5.74) is 1.44. The molecule has 22 heteroatoms. The third-order valence-electron chi connectivity index (χ3n) is 23.9. The molecule has 0 aromatic heterocycles. The zero-order valence-electron chi connectivity index (χ0n) is 69.9. The first-order valence-corrected chi connectivity index (χ1v) is 42.6. The quantitative estimate of drug-likeness (QED) is 0.166. The lowest BCUT2D eigenvalue weighted by molar-refractivity contribution is -0.202. The molecule has 17 aliphatic rings. The van der Waals surface area contributed by atoms with Crippen LogP contribution in [0.15, 0.2) is 0 Å². The summed E-state index contributed by atoms with van der Waals surface area (Å²) in [5.74, 6) is 6.29. The van der Waals surface area contributed by atoms with Crippen LogP contribution >= 0.6 is 0 Å². The van der Waals surface area contributed by atoms with Crippen LogP contribution in [0.5, 0.6) is 0 Å². The van der Waals surface area contributed by atoms with Crippen molar-refractivity contribution in [3.8, 4) is 0 Å². The number of fused-ring (bicyclic) bond motifs is 6. The number of methoxy groups -OCH3 is 1. The van der Waals surface area contributed by atoms with E-state index in [0.29, 0.717) is 121 Å². The molecule has 0 amide bonds. The highest BCUT2D eigenvalue weighted by molar-refractivity contribution is 8.01. The van der Waals surface area contributed by atoms with Gasteiger partial charge in [0.05, 0.1) is 81.8 Å². The highest BCUT2D eigenvalue weighted by Gasteiger charge is 2.54. The van der Waals surface area contributed by atoms with Gasteiger partial charge in [-0.15, -0.1) is 0 Å². The van der Waals surface area contributed by atoms with Gasteiger partial charge in [0.25, 0.3) is 0 Å². The maximum atomic E-state index is 12.8. The van der Waals surface area contributed by atoms with Crippen molar-refractivity contribution in [1.29, 1.82) is 0 Å². The fraction of sp³-hybridized carbons (Fsp3) is 0.988. The van der Waals surface area contributed by atoms with E-state index in [2.05, 4.69) is 210 Å². The highest BCUT2D eigenvalue weighted by atomic mass is 32.2. The second kappa shape index (κ2) is 39.9. The zero-order chi connectivity index (χ0) is 76.0. The van der Waals surface area contributed by atoms with Gasteiger partial charge in [-0.2, -0.15) is 8.78 Å². The average molecular weight is 1480 g/mol. The van der Waals surface area contributed by atoms with Crippen molar-refractivity contribution in [3.05, 3.63) is 0 Å². The van der Waals surface area contributed by atoms with Gasteiger partial charge in [-0.3, -0.25) is 48.3 Å². The molecule has 1 aliphatic carbocycles. The van der Waals surface area contributed by atoms with E-state index in [1.54, 1.807) is 14.0 Å². The van der Waals surface area contributed by atoms with Crippen molar-refractivity contribution in [3.63, 3.8) is 0 Å². The lowest BCUT2D eigenvalue weighted by Gasteiger charge is -2.59. The van der Waals surface area contributed by atoms with Crippen LogP contribution in [-0.4, -0.2) is 350 Å². The number of nitrogens with zero attached hydrogens (tertiary/aromatic N) is 10. The maximum Gasteiger partial charge on any atom is 0.345 e. The summed E-state index contributed by atoms with van der Waals surface area (Å²) >= 11 is 0. The van der Waals surface area contributed by atoms with Crippen LogP contribution in [0, 0.1) is 22.2 Å². The molecule has 16 heterocycles. The molecule has 5 unspecified atom stereocenters. The number of nitrogens with one attached hydrogen (secondary N) is 1. The van der Waals surface area contributed by atoms with Crippen molar-refractivity contribution in [1.82, 2.24) is 54.3 Å². The monoisotopic (exact) mass is 1470 g/mol. The van der Waals surface area contributed by atoms with Gasteiger partial charge < -0.3 is 38.6 Å². The van der Waals surface area contributed by atoms with Gasteiger partial charge in [0.2, 0.25) is 0 Å². The molecular formula is C80H158F3N11O7S. The minimum Gasteiger partial charge on any atom is -0.384 e. The Morgan fingerprint density at radius 3 is 1.29 bits per heavy atom. The summed E-state index contributed by atoms with van der Waals surface area (Å²) in [6.45, 7) is 75.2. The van der Waals surface area contributed by atoms with Crippen molar-refractivity contribution >= 4 is 15.4 Å². The van der Waals surface area contributed by atoms with Crippen molar-refractivity contribution in [2.24, 2.45) is 22.2 Å². The minimum atomic E-state index is -2.62. The van der Waals surface area contributed by atoms with Gasteiger partial charge >= 0.3 is 6.61 Å². The number of hydrogen-bond acceptors (Lipinski definition) is 18. The van der Waals surface area contributed by atoms with E-state index >= 15 is 0 Å². The Morgan fingerprint density at radius 2 is 0.990 bits per heavy atom. The molecule has 602 valence electrons. The second-order valence-corrected chi connectivity index (χ2v) is 39.9. The number of alkyl halides is 3. The molecule has 3 spiro atoms. The van der Waals surface area contributed by atoms with Crippen LogP contribution in [0.3, 0.4) is 0 Å². The Kier molecular flexibility index (Phi) is 35.2. The summed E-state index contributed by atoms with van der Waals surface area (Å²) < 4.78 is 78.5. The Labute approximate surface area is 623 Å². The fourth-order valence-corrected chi connectivity index (χ4v) is 19.4. The summed E-state index contributed by atoms with van der Waals surface area (Å²) in [5, 5.41) is 3.38. The molecule has 1 saturated carbocycles. The Hall–Kier alpha value is -0.870. The van der Waals surface area contributed by atoms with Crippen LogP contribution in [0.1, 0.15) is 198 Å². The van der Waals surface area contributed by atoms with Crippen LogP contribution in [-0.2, 0) is 37.9 Å². The molecule has 0 aromatic rings. The number of halogens is 3. The number of piperidine rings is 1. The van der Waals surface area contributed by atoms with E-state index in [0.717, 1.165) is 114 Å². The van der Waals surface area contributed by atoms with Gasteiger partial charge in [0.1, 0.15) is 5.67 Å². The Bertz CT molecular complexity index is 2400. The van der Waals surface area contributed by atoms with Crippen LogP contribution in [0.25, 0.3) is 0 Å². The number of likely N-dealkylation sites (tertiary alicyclic amines) is 7. The molecular weight excluding hydrogens is 1320 g/mol. The van der Waals surface area contributed by atoms with Gasteiger partial charge in [0.15, 0.2) is 0 Å². The van der Waals surface area contributed by atoms with E-state index in [4.69, 9.17) is 23.7 Å². The van der Waals surface area contributed by atoms with E-state index in [-0.39, 0.29) is 6.10 Å². The number of hydrogen-bond donors (Lipinski definition) is 1. The van der Waals surface area contributed by atoms with Gasteiger partial charge in [-0.1, -0.05) is 20.3 Å². The largest absolute Gasteiger partial charge is 0.384 e. The lowest BCUT2D eigenvalue weighted by Crippen LogP contribution is -2.72. The maximum absolute atomic E-state index is 12.8. The molecule has 16 saturated heterocycles. The van der Waals surface area contributed by atoms with Crippen LogP contribution < -0.4 is 5.32 Å². The Morgan fingerprint density at radius 1 is 0.529 bits per heavy atom. The van der Waals surface area contributed by atoms with Crippen molar-refractivity contribution in [2.45, 2.75) is 313 Å². The molecule has 0 aromatic carbocycles. The predicted molar refractivity (Wildman–Crippen MR) is 419 cm³/mol. The number of rotatable bonds is 14. The molecule has 4 bridgehead atoms. The molecule has 16 aliphatic heterocycles. The van der Waals surface area contributed by atoms with Gasteiger partial charge in [0, 0.05) is 215 Å². The summed E-state index contributed by atoms with van der Waals surface area (Å²) in [6, 6.07) is 7.05. The summed E-state index contributed by atoms with van der Waals surface area (Å²) in [6.07, 6.45) is 8.96. The first kappa shape index (κ1) is 90.0. The number of morpholine rings is 2. The predicted octanol–water partition coefficient (Wildman–Crippen LogP) is 10.7. The third kappa shape index (κ3) is 27.3. The summed E-state index contributed by atoms with van der Waals surface area (Å²) in [7, 11) is 0.150. The molecule has 18 nitrogen and oxygen atoms in total. The fourth-order valence-electron chi connectivity index (χ4n) is 16.9. The SMILES string of the molecule is C=S1(=O)CC2(CN(C(C)C)C2)C1.CC(C)N1CC(C)(C)C1.CC(C)N1CC(C)(F)C1.CC(C)N1CC(OC(F)F)C1.CC(C)N1CC2(CCC2)C1.CC(C)N1CC2CC(C1)O2.CC(C)N1CC2COCC1CO2.CC(C)N1CCC12COC2.CC(C)N1CCNC1C.COCC1CN(C(C)C)C1. The molecule has 17 fully saturated rings. The normalized spacial score (nSPS) is 29.7. The topological polar surface area (TPSA) is 117 Å². The highest BCUT2D eigenvalue weighted by Crippen LogP contribution is 2.49. The number of ether oxygens (including phenoxy) is 6. The molecule has 5 atom stereocenters. The zero-order valence-corrected chi connectivity index (χ0v) is 70.7. The van der Waals surface area contributed by atoms with Crippen molar-refractivity contribution < 1.29 is 45.8 Å². The van der Waals surface area contributed by atoms with E-state index in [1.807, 2.05) is 13.8 Å². The smallest absolute Gasteiger partial charge is 0.345 e. The van der Waals surface area contributed by atoms with Gasteiger partial charge in [-0.05, 0) is 198 Å². The standard InChI is InChI=1S/C9H17NO2.C9H17NOS.C9H17N.2C8H15NO.C8H17NO.C8H17N.C7H13F2NO.C7H14FN.C7H16N2/c1-7(2)10-3-9-6-11-4-8(10)5-12-9;1-8(2)10-4-9(5-10)6-12(3,11)7-9;1-8(2)10-6-9(7-10)4-3-5-9;1-6(2)9-4-7-3-8(5-9)10-7;1-7(2)9-4-3-8(9)5-10-6-8;1-7(2)9-4-8(5-9)6-10-3;1-7(2)9-5-8(3,4)6-9;1-5(2)10-3-6(4-10)11-7(8)9;1-6(2)9-4-7(3,8)5-9;1-6(2)9-5-4-8-7(9)3/h7-9H,3-6H2,1-2H3;8H,3-7H2,1-2H3;8H,3-7H2,1-2H3;6-8H,3-5H2,1-2H3;7H,3-6H2,1-2H3;7-8H,4-6H2,1-3H3;7H,5-6H2,1-4H3;5-7H,3-4H2,1-2H3;6H,4-5H2,1-3H3;6-8H,4-5H2,1-3H3. The molecule has 0 radical (unpaired) electrons. The summed E-state index contributed by atoms with van der Waals surface area (Å²) in [4.78, 5) is 24.2.